The van der Waals surface area contributed by atoms with Crippen molar-refractivity contribution in [2.45, 2.75) is 79.9 Å². The highest BCUT2D eigenvalue weighted by molar-refractivity contribution is 7.99. The molecular weight excluding hydrogens is 526 g/mol. The third kappa shape index (κ3) is 7.98. The average molecular weight is 561 g/mol. The predicted octanol–water partition coefficient (Wildman–Crippen LogP) is 2.41. The third-order valence-electron chi connectivity index (χ3n) is 6.66. The Bertz CT molecular complexity index is 980. The number of aliphatic hydroxyl groups is 3. The normalized spacial score (nSPS) is 30.4. The molecule has 1 amide bonds. The van der Waals surface area contributed by atoms with Crippen LogP contribution in [-0.4, -0.2) is 81.3 Å². The van der Waals surface area contributed by atoms with Crippen molar-refractivity contribution in [3.05, 3.63) is 59.2 Å². The molecule has 0 aliphatic carbocycles. The molecule has 2 aliphatic heterocycles. The Kier molecular flexibility index (Phi) is 11.4. The standard InChI is InChI=1S/C26H35ClF2N2O5S/c1-14(27)20(24-22(33)21(32)23(34)26(36-24)37-2)31-25(35)19-10-7-15(11-12-30-19)5-3-4-6-16-8-9-17(28)13-18(16)29/h3,5,7-9,13-14,19-24,26,30,32-34H,4,6,10-12H2,1-2H3,(H,31,35)/b5-3+/t14-,19-,20+,21?,22?,23+,24+,26?/m0/s1. The summed E-state index contributed by atoms with van der Waals surface area (Å²) in [6, 6.07) is 2.24. The molecule has 0 saturated carbocycles. The van der Waals surface area contributed by atoms with E-state index >= 15 is 0 Å². The van der Waals surface area contributed by atoms with Crippen LogP contribution in [0.15, 0.2) is 42.0 Å². The van der Waals surface area contributed by atoms with Crippen molar-refractivity contribution in [3.8, 4) is 0 Å². The number of aliphatic hydroxyl groups excluding tert-OH is 3. The number of thioether (sulfide) groups is 1. The molecule has 37 heavy (non-hydrogen) atoms. The van der Waals surface area contributed by atoms with Gasteiger partial charge >= 0.3 is 0 Å². The van der Waals surface area contributed by atoms with Crippen LogP contribution < -0.4 is 10.6 Å². The molecule has 2 aliphatic rings. The Labute approximate surface area is 225 Å². The lowest BCUT2D eigenvalue weighted by Gasteiger charge is -2.44. The summed E-state index contributed by atoms with van der Waals surface area (Å²) >= 11 is 7.54. The molecule has 11 heteroatoms. The van der Waals surface area contributed by atoms with Gasteiger partial charge in [-0.05, 0) is 57.0 Å². The van der Waals surface area contributed by atoms with E-state index in [1.165, 1.54) is 23.9 Å². The van der Waals surface area contributed by atoms with E-state index in [0.29, 0.717) is 37.8 Å². The molecule has 3 rings (SSSR count). The molecule has 0 aromatic heterocycles. The van der Waals surface area contributed by atoms with Crippen molar-refractivity contribution >= 4 is 29.3 Å². The Balaban J connectivity index is 1.57. The summed E-state index contributed by atoms with van der Waals surface area (Å²) in [5.41, 5.74) is 0.724. The van der Waals surface area contributed by atoms with Gasteiger partial charge in [-0.25, -0.2) is 8.78 Å². The van der Waals surface area contributed by atoms with Crippen LogP contribution in [0.4, 0.5) is 8.78 Å². The first-order chi connectivity index (χ1) is 17.6. The van der Waals surface area contributed by atoms with Crippen LogP contribution in [0, 0.1) is 11.6 Å². The fourth-order valence-electron chi connectivity index (χ4n) is 4.48. The van der Waals surface area contributed by atoms with Gasteiger partial charge in [-0.1, -0.05) is 29.9 Å². The minimum Gasteiger partial charge on any atom is -0.388 e. The molecule has 7 nitrogen and oxygen atoms in total. The molecular formula is C26H35ClF2N2O5S. The summed E-state index contributed by atoms with van der Waals surface area (Å²) < 4.78 is 32.6. The average Bonchev–Trinajstić information content (AvgIpc) is 3.11. The van der Waals surface area contributed by atoms with Gasteiger partial charge in [-0.3, -0.25) is 4.79 Å². The zero-order valence-corrected chi connectivity index (χ0v) is 22.4. The summed E-state index contributed by atoms with van der Waals surface area (Å²) in [5.74, 6) is -1.46. The molecule has 5 N–H and O–H groups in total. The third-order valence-corrected chi connectivity index (χ3v) is 7.79. The maximum Gasteiger partial charge on any atom is 0.237 e. The molecule has 0 bridgehead atoms. The molecule has 1 aromatic rings. The molecule has 2 heterocycles. The fraction of sp³-hybridized carbons (Fsp3) is 0.577. The smallest absolute Gasteiger partial charge is 0.237 e. The number of nitrogens with one attached hydrogen (secondary N) is 2. The van der Waals surface area contributed by atoms with Crippen molar-refractivity contribution < 1.29 is 33.6 Å². The van der Waals surface area contributed by atoms with Gasteiger partial charge in [0.15, 0.2) is 0 Å². The first kappa shape index (κ1) is 30.0. The van der Waals surface area contributed by atoms with Gasteiger partial charge in [-0.15, -0.1) is 23.4 Å². The van der Waals surface area contributed by atoms with E-state index in [1.54, 1.807) is 13.2 Å². The Morgan fingerprint density at radius 1 is 1.30 bits per heavy atom. The Morgan fingerprint density at radius 3 is 2.73 bits per heavy atom. The van der Waals surface area contributed by atoms with Crippen LogP contribution in [0.25, 0.3) is 0 Å². The van der Waals surface area contributed by atoms with E-state index in [0.717, 1.165) is 11.6 Å². The fourth-order valence-corrected chi connectivity index (χ4v) is 5.37. The number of hydrogen-bond donors (Lipinski definition) is 5. The summed E-state index contributed by atoms with van der Waals surface area (Å²) in [6.45, 7) is 2.22. The van der Waals surface area contributed by atoms with Gasteiger partial charge in [-0.2, -0.15) is 0 Å². The number of carbonyl (C=O) groups excluding carboxylic acids is 1. The monoisotopic (exact) mass is 560 g/mol. The lowest BCUT2D eigenvalue weighted by atomic mass is 9.93. The maximum absolute atomic E-state index is 13.8. The molecule has 1 aromatic carbocycles. The van der Waals surface area contributed by atoms with E-state index in [1.807, 2.05) is 18.2 Å². The Hall–Kier alpha value is -1.53. The largest absolute Gasteiger partial charge is 0.388 e. The van der Waals surface area contributed by atoms with Crippen molar-refractivity contribution in [1.29, 1.82) is 0 Å². The first-order valence-electron chi connectivity index (χ1n) is 12.3. The number of rotatable bonds is 9. The number of carbonyl (C=O) groups is 1. The van der Waals surface area contributed by atoms with Gasteiger partial charge in [0.25, 0.3) is 0 Å². The Morgan fingerprint density at radius 2 is 2.05 bits per heavy atom. The SMILES string of the molecule is CSC1O[C@H]([C@H](NC(=O)[C@@H]2CC=C(/C=C/CCc3ccc(F)cc3F)CCN2)[C@H](C)Cl)C(O)C(O)[C@H]1O. The number of benzene rings is 1. The van der Waals surface area contributed by atoms with Crippen LogP contribution in [0.3, 0.4) is 0 Å². The number of ether oxygens (including phenoxy) is 1. The molecule has 0 spiro atoms. The quantitative estimate of drug-likeness (QED) is 0.295. The van der Waals surface area contributed by atoms with Gasteiger partial charge < -0.3 is 30.7 Å². The second kappa shape index (κ2) is 14.0. The highest BCUT2D eigenvalue weighted by atomic mass is 35.5. The second-order valence-corrected chi connectivity index (χ2v) is 11.0. The van der Waals surface area contributed by atoms with E-state index in [9.17, 15) is 28.9 Å². The highest BCUT2D eigenvalue weighted by Crippen LogP contribution is 2.30. The summed E-state index contributed by atoms with van der Waals surface area (Å²) in [5, 5.41) is 36.4. The van der Waals surface area contributed by atoms with Gasteiger partial charge in [0, 0.05) is 6.07 Å². The highest BCUT2D eigenvalue weighted by Gasteiger charge is 2.48. The van der Waals surface area contributed by atoms with Crippen molar-refractivity contribution in [2.24, 2.45) is 0 Å². The molecule has 3 unspecified atom stereocenters. The summed E-state index contributed by atoms with van der Waals surface area (Å²) in [4.78, 5) is 13.1. The maximum atomic E-state index is 13.8. The number of alkyl halides is 1. The summed E-state index contributed by atoms with van der Waals surface area (Å²) in [7, 11) is 0. The number of hydrogen-bond acceptors (Lipinski definition) is 7. The topological polar surface area (TPSA) is 111 Å². The van der Waals surface area contributed by atoms with Crippen molar-refractivity contribution in [2.75, 3.05) is 12.8 Å². The number of aryl methyl sites for hydroxylation is 1. The van der Waals surface area contributed by atoms with Crippen LogP contribution in [-0.2, 0) is 16.0 Å². The van der Waals surface area contributed by atoms with Crippen molar-refractivity contribution in [1.82, 2.24) is 10.6 Å². The van der Waals surface area contributed by atoms with Gasteiger partial charge in [0.05, 0.1) is 17.5 Å². The van der Waals surface area contributed by atoms with E-state index in [2.05, 4.69) is 10.6 Å². The minimum atomic E-state index is -1.43. The molecule has 8 atom stereocenters. The van der Waals surface area contributed by atoms with Crippen LogP contribution >= 0.6 is 23.4 Å². The summed E-state index contributed by atoms with van der Waals surface area (Å²) in [6.07, 6.45) is 4.61. The number of allylic oxidation sites excluding steroid dienone is 2. The second-order valence-electron chi connectivity index (χ2n) is 9.34. The van der Waals surface area contributed by atoms with E-state index < -0.39 is 58.9 Å². The zero-order chi connectivity index (χ0) is 27.1. The van der Waals surface area contributed by atoms with Crippen LogP contribution in [0.2, 0.25) is 0 Å². The minimum absolute atomic E-state index is 0.317. The molecule has 1 saturated heterocycles. The first-order valence-corrected chi connectivity index (χ1v) is 14.0. The lowest BCUT2D eigenvalue weighted by molar-refractivity contribution is -0.205. The van der Waals surface area contributed by atoms with E-state index in [-0.39, 0.29) is 5.91 Å². The number of halogens is 3. The van der Waals surface area contributed by atoms with Gasteiger partial charge in [0.2, 0.25) is 5.91 Å². The zero-order valence-electron chi connectivity index (χ0n) is 20.8. The van der Waals surface area contributed by atoms with Crippen molar-refractivity contribution in [3.63, 3.8) is 0 Å². The van der Waals surface area contributed by atoms with Crippen LogP contribution in [0.5, 0.6) is 0 Å². The van der Waals surface area contributed by atoms with Gasteiger partial charge in [0.1, 0.15) is 41.5 Å². The lowest BCUT2D eigenvalue weighted by Crippen LogP contribution is -2.65. The molecule has 206 valence electrons. The molecule has 1 fully saturated rings. The van der Waals surface area contributed by atoms with E-state index in [4.69, 9.17) is 16.3 Å². The number of amides is 1. The van der Waals surface area contributed by atoms with Crippen LogP contribution in [0.1, 0.15) is 31.7 Å². The molecule has 0 radical (unpaired) electrons. The predicted molar refractivity (Wildman–Crippen MR) is 140 cm³/mol.